The molecule has 0 aliphatic rings. The lowest BCUT2D eigenvalue weighted by atomic mass is 9.96. The molecule has 0 amide bonds. The highest BCUT2D eigenvalue weighted by Gasteiger charge is 2.32. The van der Waals surface area contributed by atoms with Crippen LogP contribution in [-0.4, -0.2) is 54.6 Å². The van der Waals surface area contributed by atoms with Gasteiger partial charge in [0, 0.05) is 18.8 Å². The van der Waals surface area contributed by atoms with Gasteiger partial charge in [0.1, 0.15) is 5.78 Å². The van der Waals surface area contributed by atoms with Gasteiger partial charge in [-0.2, -0.15) is 0 Å². The Labute approximate surface area is 180 Å². The Morgan fingerprint density at radius 2 is 1.00 bits per heavy atom. The normalized spacial score (nSPS) is 16.8. The van der Waals surface area contributed by atoms with Crippen molar-refractivity contribution >= 4 is 5.78 Å². The summed E-state index contributed by atoms with van der Waals surface area (Å²) in [5.74, 6) is 0.299. The van der Waals surface area contributed by atoms with Gasteiger partial charge in [0.15, 0.2) is 0 Å². The minimum absolute atomic E-state index is 0.0376. The molecule has 0 heterocycles. The summed E-state index contributed by atoms with van der Waals surface area (Å²) < 4.78 is 24.8. The Morgan fingerprint density at radius 1 is 0.586 bits per heavy atom. The third kappa shape index (κ3) is 13.4. The predicted molar refractivity (Wildman–Crippen MR) is 119 cm³/mol. The molecule has 0 aromatic heterocycles. The summed E-state index contributed by atoms with van der Waals surface area (Å²) in [6.45, 7) is 22.2. The van der Waals surface area contributed by atoms with E-state index in [1.54, 1.807) is 0 Å². The van der Waals surface area contributed by atoms with Crippen LogP contribution in [0.25, 0.3) is 0 Å². The van der Waals surface area contributed by atoms with Gasteiger partial charge in [0.05, 0.1) is 48.8 Å². The fourth-order valence-electron chi connectivity index (χ4n) is 3.36. The van der Waals surface area contributed by atoms with Crippen molar-refractivity contribution in [1.82, 2.24) is 0 Å². The molecule has 4 atom stereocenters. The number of carbonyl (C=O) groups is 1. The van der Waals surface area contributed by atoms with Crippen LogP contribution < -0.4 is 0 Å². The maximum absolute atomic E-state index is 12.2. The molecule has 0 fully saturated rings. The third-order valence-corrected chi connectivity index (χ3v) is 4.55. The quantitative estimate of drug-likeness (QED) is 0.329. The van der Waals surface area contributed by atoms with Gasteiger partial charge in [-0.15, -0.1) is 0 Å². The molecule has 0 aliphatic carbocycles. The largest absolute Gasteiger partial charge is 0.373 e. The van der Waals surface area contributed by atoms with Crippen LogP contribution in [0.2, 0.25) is 0 Å². The second-order valence-corrected chi connectivity index (χ2v) is 9.46. The molecule has 29 heavy (non-hydrogen) atoms. The second kappa shape index (κ2) is 14.5. The van der Waals surface area contributed by atoms with Crippen LogP contribution in [0.15, 0.2) is 0 Å². The van der Waals surface area contributed by atoms with Crippen molar-refractivity contribution in [2.75, 3.05) is 0 Å². The van der Waals surface area contributed by atoms with Crippen molar-refractivity contribution in [2.24, 2.45) is 5.92 Å². The summed E-state index contributed by atoms with van der Waals surface area (Å²) in [6, 6.07) is 0. The Morgan fingerprint density at radius 3 is 1.41 bits per heavy atom. The SMILES string of the molecule is CC(C)OC(C)C(CC(OC(C)C)C(CCC(=O)C(C)C)OC(C)C)OC(C)C. The summed E-state index contributed by atoms with van der Waals surface area (Å²) in [5, 5.41) is 0. The Kier molecular flexibility index (Phi) is 14.3. The number of carbonyl (C=O) groups excluding carboxylic acids is 1. The van der Waals surface area contributed by atoms with Gasteiger partial charge in [-0.05, 0) is 68.7 Å². The first-order valence-corrected chi connectivity index (χ1v) is 11.5. The van der Waals surface area contributed by atoms with E-state index in [4.69, 9.17) is 18.9 Å². The van der Waals surface area contributed by atoms with Crippen molar-refractivity contribution in [2.45, 2.75) is 144 Å². The standard InChI is InChI=1S/C24H48O5/c1-15(2)21(25)12-13-22(27-17(5)6)24(29-19(9)10)14-23(28-18(7)8)20(11)26-16(3)4/h15-20,22-24H,12-14H2,1-11H3. The highest BCUT2D eigenvalue weighted by molar-refractivity contribution is 5.80. The average molecular weight is 417 g/mol. The molecule has 174 valence electrons. The van der Waals surface area contributed by atoms with E-state index in [2.05, 4.69) is 6.92 Å². The van der Waals surface area contributed by atoms with Crippen molar-refractivity contribution in [3.63, 3.8) is 0 Å². The molecule has 0 radical (unpaired) electrons. The molecule has 5 nitrogen and oxygen atoms in total. The molecular weight excluding hydrogens is 368 g/mol. The highest BCUT2D eigenvalue weighted by Crippen LogP contribution is 2.24. The molecule has 0 aromatic carbocycles. The first kappa shape index (κ1) is 28.5. The molecule has 0 bridgehead atoms. The molecular formula is C24H48O5. The van der Waals surface area contributed by atoms with Crippen LogP contribution in [0.4, 0.5) is 0 Å². The maximum atomic E-state index is 12.2. The lowest BCUT2D eigenvalue weighted by Crippen LogP contribution is -2.43. The summed E-state index contributed by atoms with van der Waals surface area (Å²) in [7, 11) is 0. The van der Waals surface area contributed by atoms with Gasteiger partial charge < -0.3 is 18.9 Å². The van der Waals surface area contributed by atoms with Gasteiger partial charge in [-0.1, -0.05) is 13.8 Å². The van der Waals surface area contributed by atoms with Crippen molar-refractivity contribution in [3.05, 3.63) is 0 Å². The smallest absolute Gasteiger partial charge is 0.135 e. The lowest BCUT2D eigenvalue weighted by molar-refractivity contribution is -0.158. The van der Waals surface area contributed by atoms with Crippen LogP contribution in [0.1, 0.15) is 95.4 Å². The zero-order valence-electron chi connectivity index (χ0n) is 20.9. The third-order valence-electron chi connectivity index (χ3n) is 4.55. The minimum atomic E-state index is -0.167. The highest BCUT2D eigenvalue weighted by atomic mass is 16.6. The maximum Gasteiger partial charge on any atom is 0.135 e. The summed E-state index contributed by atoms with van der Waals surface area (Å²) >= 11 is 0. The molecule has 0 aliphatic heterocycles. The van der Waals surface area contributed by atoms with Crippen LogP contribution >= 0.6 is 0 Å². The first-order valence-electron chi connectivity index (χ1n) is 11.5. The summed E-state index contributed by atoms with van der Waals surface area (Å²) in [6.07, 6.45) is 1.64. The monoisotopic (exact) mass is 416 g/mol. The Balaban J connectivity index is 5.51. The van der Waals surface area contributed by atoms with Gasteiger partial charge in [-0.25, -0.2) is 0 Å². The molecule has 0 saturated heterocycles. The van der Waals surface area contributed by atoms with E-state index in [0.717, 1.165) is 0 Å². The van der Waals surface area contributed by atoms with E-state index in [9.17, 15) is 4.79 Å². The average Bonchev–Trinajstić information content (AvgIpc) is 2.54. The lowest BCUT2D eigenvalue weighted by Gasteiger charge is -2.35. The molecule has 5 heteroatoms. The molecule has 0 aromatic rings. The minimum Gasteiger partial charge on any atom is -0.373 e. The molecule has 0 saturated carbocycles. The van der Waals surface area contributed by atoms with Gasteiger partial charge >= 0.3 is 0 Å². The zero-order valence-corrected chi connectivity index (χ0v) is 20.9. The van der Waals surface area contributed by atoms with Crippen molar-refractivity contribution in [1.29, 1.82) is 0 Å². The summed E-state index contributed by atoms with van der Waals surface area (Å²) in [4.78, 5) is 12.2. The predicted octanol–water partition coefficient (Wildman–Crippen LogP) is 5.58. The van der Waals surface area contributed by atoms with E-state index in [1.165, 1.54) is 0 Å². The molecule has 0 spiro atoms. The second-order valence-electron chi connectivity index (χ2n) is 9.46. The fourth-order valence-corrected chi connectivity index (χ4v) is 3.36. The van der Waals surface area contributed by atoms with E-state index < -0.39 is 0 Å². The zero-order chi connectivity index (χ0) is 22.7. The number of Topliss-reactive ketones (excluding diaryl/α,β-unsaturated/α-hetero) is 1. The van der Waals surface area contributed by atoms with Crippen LogP contribution in [0, 0.1) is 5.92 Å². The fraction of sp³-hybridized carbons (Fsp3) is 0.958. The van der Waals surface area contributed by atoms with Crippen molar-refractivity contribution in [3.8, 4) is 0 Å². The molecule has 0 rings (SSSR count). The van der Waals surface area contributed by atoms with E-state index in [1.807, 2.05) is 69.2 Å². The topological polar surface area (TPSA) is 54.0 Å². The summed E-state index contributed by atoms with van der Waals surface area (Å²) in [5.41, 5.74) is 0. The van der Waals surface area contributed by atoms with Crippen molar-refractivity contribution < 1.29 is 23.7 Å². The molecule has 0 N–H and O–H groups in total. The van der Waals surface area contributed by atoms with E-state index in [-0.39, 0.29) is 60.5 Å². The van der Waals surface area contributed by atoms with Gasteiger partial charge in [-0.3, -0.25) is 4.79 Å². The Hall–Kier alpha value is -0.490. The van der Waals surface area contributed by atoms with Crippen LogP contribution in [0.5, 0.6) is 0 Å². The van der Waals surface area contributed by atoms with Crippen LogP contribution in [0.3, 0.4) is 0 Å². The first-order chi connectivity index (χ1) is 13.3. The Bertz CT molecular complexity index is 431. The molecule has 4 unspecified atom stereocenters. The van der Waals surface area contributed by atoms with E-state index >= 15 is 0 Å². The number of ether oxygens (including phenoxy) is 4. The van der Waals surface area contributed by atoms with Gasteiger partial charge in [0.2, 0.25) is 0 Å². The van der Waals surface area contributed by atoms with E-state index in [0.29, 0.717) is 19.3 Å². The number of hydrogen-bond donors (Lipinski definition) is 0. The number of hydrogen-bond acceptors (Lipinski definition) is 5. The van der Waals surface area contributed by atoms with Gasteiger partial charge in [0.25, 0.3) is 0 Å². The number of ketones is 1. The van der Waals surface area contributed by atoms with Crippen LogP contribution in [-0.2, 0) is 23.7 Å². The number of rotatable bonds is 16.